The summed E-state index contributed by atoms with van der Waals surface area (Å²) in [6, 6.07) is 13.6. The molecule has 2 amide bonds. The van der Waals surface area contributed by atoms with Crippen LogP contribution in [0.1, 0.15) is 47.4 Å². The number of hydrazine groups is 1. The van der Waals surface area contributed by atoms with Gasteiger partial charge >= 0.3 is 0 Å². The molecule has 2 N–H and O–H groups in total. The summed E-state index contributed by atoms with van der Waals surface area (Å²) in [7, 11) is 0. The average molecular weight is 356 g/mol. The average Bonchev–Trinajstić information content (AvgIpc) is 2.69. The second-order valence-corrected chi connectivity index (χ2v) is 5.63. The van der Waals surface area contributed by atoms with Crippen LogP contribution in [0.3, 0.4) is 0 Å². The fourth-order valence-electron chi connectivity index (χ4n) is 2.17. The van der Waals surface area contributed by atoms with Crippen molar-refractivity contribution in [2.75, 3.05) is 13.2 Å². The summed E-state index contributed by atoms with van der Waals surface area (Å²) in [5.74, 6) is 0.341. The van der Waals surface area contributed by atoms with Gasteiger partial charge in [-0.05, 0) is 49.2 Å². The van der Waals surface area contributed by atoms with E-state index in [1.807, 2.05) is 13.8 Å². The lowest BCUT2D eigenvalue weighted by Gasteiger charge is -2.12. The van der Waals surface area contributed by atoms with Crippen molar-refractivity contribution < 1.29 is 19.1 Å². The minimum absolute atomic E-state index is 0.365. The molecule has 2 aromatic rings. The topological polar surface area (TPSA) is 76.7 Å². The molecule has 0 spiro atoms. The van der Waals surface area contributed by atoms with E-state index in [-0.39, 0.29) is 0 Å². The molecule has 26 heavy (non-hydrogen) atoms. The van der Waals surface area contributed by atoms with Crippen LogP contribution in [0.25, 0.3) is 0 Å². The third kappa shape index (κ3) is 5.51. The number of rotatable bonds is 8. The molecular formula is C20H24N2O4. The van der Waals surface area contributed by atoms with Gasteiger partial charge in [-0.1, -0.05) is 26.0 Å². The number of nitrogens with one attached hydrogen (secondary N) is 2. The largest absolute Gasteiger partial charge is 0.494 e. The van der Waals surface area contributed by atoms with Crippen LogP contribution in [-0.2, 0) is 0 Å². The van der Waals surface area contributed by atoms with E-state index >= 15 is 0 Å². The number of carbonyl (C=O) groups is 2. The monoisotopic (exact) mass is 356 g/mol. The second kappa shape index (κ2) is 10.1. The SMILES string of the molecule is CCCOc1ccc(C(=O)NNC(=O)c2ccccc2OCCC)cc1. The number of hydrogen-bond donors (Lipinski definition) is 2. The quantitative estimate of drug-likeness (QED) is 0.711. The number of amides is 2. The molecule has 0 saturated heterocycles. The molecule has 0 aromatic heterocycles. The standard InChI is InChI=1S/C20H24N2O4/c1-3-13-25-16-11-9-15(10-12-16)19(23)21-22-20(24)17-7-5-6-8-18(17)26-14-4-2/h5-12H,3-4,13-14H2,1-2H3,(H,21,23)(H,22,24). The van der Waals surface area contributed by atoms with Crippen molar-refractivity contribution in [3.63, 3.8) is 0 Å². The molecule has 6 heteroatoms. The molecule has 0 aliphatic heterocycles. The summed E-state index contributed by atoms with van der Waals surface area (Å²) >= 11 is 0. The van der Waals surface area contributed by atoms with Crippen molar-refractivity contribution in [3.8, 4) is 11.5 Å². The van der Waals surface area contributed by atoms with Crippen LogP contribution in [0.4, 0.5) is 0 Å². The Bertz CT molecular complexity index is 729. The Morgan fingerprint density at radius 3 is 2.12 bits per heavy atom. The normalized spacial score (nSPS) is 10.1. The fourth-order valence-corrected chi connectivity index (χ4v) is 2.17. The minimum Gasteiger partial charge on any atom is -0.494 e. The zero-order chi connectivity index (χ0) is 18.8. The van der Waals surface area contributed by atoms with E-state index in [1.165, 1.54) is 0 Å². The molecule has 0 heterocycles. The van der Waals surface area contributed by atoms with Gasteiger partial charge in [0.05, 0.1) is 18.8 Å². The van der Waals surface area contributed by atoms with Crippen LogP contribution in [-0.4, -0.2) is 25.0 Å². The van der Waals surface area contributed by atoms with E-state index in [0.717, 1.165) is 12.8 Å². The smallest absolute Gasteiger partial charge is 0.273 e. The summed E-state index contributed by atoms with van der Waals surface area (Å²) in [5, 5.41) is 0. The number of carbonyl (C=O) groups excluding carboxylic acids is 2. The van der Waals surface area contributed by atoms with Crippen LogP contribution in [0.15, 0.2) is 48.5 Å². The van der Waals surface area contributed by atoms with Gasteiger partial charge in [0, 0.05) is 5.56 Å². The van der Waals surface area contributed by atoms with Crippen molar-refractivity contribution in [1.82, 2.24) is 10.9 Å². The van der Waals surface area contributed by atoms with Gasteiger partial charge in [-0.15, -0.1) is 0 Å². The Labute approximate surface area is 153 Å². The van der Waals surface area contributed by atoms with Crippen LogP contribution < -0.4 is 20.3 Å². The maximum Gasteiger partial charge on any atom is 0.273 e. The number of hydrogen-bond acceptors (Lipinski definition) is 4. The number of ether oxygens (including phenoxy) is 2. The van der Waals surface area contributed by atoms with Crippen molar-refractivity contribution in [3.05, 3.63) is 59.7 Å². The molecule has 2 aromatic carbocycles. The first kappa shape index (κ1) is 19.3. The number of benzene rings is 2. The zero-order valence-electron chi connectivity index (χ0n) is 15.1. The summed E-state index contributed by atoms with van der Waals surface area (Å²) in [5.41, 5.74) is 5.61. The molecule has 138 valence electrons. The molecular weight excluding hydrogens is 332 g/mol. The van der Waals surface area contributed by atoms with Crippen LogP contribution >= 0.6 is 0 Å². The molecule has 0 aliphatic carbocycles. The Balaban J connectivity index is 1.93. The molecule has 0 unspecified atom stereocenters. The highest BCUT2D eigenvalue weighted by molar-refractivity contribution is 6.00. The molecule has 0 radical (unpaired) electrons. The Kier molecular flexibility index (Phi) is 7.49. The molecule has 0 fully saturated rings. The minimum atomic E-state index is -0.437. The highest BCUT2D eigenvalue weighted by atomic mass is 16.5. The van der Waals surface area contributed by atoms with Gasteiger partial charge in [-0.3, -0.25) is 20.4 Å². The van der Waals surface area contributed by atoms with Gasteiger partial charge in [0.25, 0.3) is 11.8 Å². The van der Waals surface area contributed by atoms with Crippen molar-refractivity contribution in [2.24, 2.45) is 0 Å². The maximum absolute atomic E-state index is 12.3. The summed E-state index contributed by atoms with van der Waals surface area (Å²) in [6.45, 7) is 5.15. The molecule has 0 aliphatic rings. The van der Waals surface area contributed by atoms with E-state index in [2.05, 4.69) is 10.9 Å². The van der Waals surface area contributed by atoms with E-state index < -0.39 is 11.8 Å². The summed E-state index contributed by atoms with van der Waals surface area (Å²) < 4.78 is 11.0. The Morgan fingerprint density at radius 2 is 1.42 bits per heavy atom. The van der Waals surface area contributed by atoms with Gasteiger partial charge in [0.1, 0.15) is 11.5 Å². The van der Waals surface area contributed by atoms with Crippen LogP contribution in [0.2, 0.25) is 0 Å². The van der Waals surface area contributed by atoms with E-state index in [4.69, 9.17) is 9.47 Å². The van der Waals surface area contributed by atoms with Crippen molar-refractivity contribution in [1.29, 1.82) is 0 Å². The van der Waals surface area contributed by atoms with Crippen LogP contribution in [0.5, 0.6) is 11.5 Å². The lowest BCUT2D eigenvalue weighted by molar-refractivity contribution is 0.0844. The zero-order valence-corrected chi connectivity index (χ0v) is 15.1. The van der Waals surface area contributed by atoms with E-state index in [1.54, 1.807) is 48.5 Å². The fraction of sp³-hybridized carbons (Fsp3) is 0.300. The molecule has 2 rings (SSSR count). The Morgan fingerprint density at radius 1 is 0.808 bits per heavy atom. The van der Waals surface area contributed by atoms with E-state index in [0.29, 0.717) is 35.8 Å². The maximum atomic E-state index is 12.3. The first-order chi connectivity index (χ1) is 12.7. The summed E-state index contributed by atoms with van der Waals surface area (Å²) in [6.07, 6.45) is 1.75. The van der Waals surface area contributed by atoms with E-state index in [9.17, 15) is 9.59 Å². The third-order valence-electron chi connectivity index (χ3n) is 3.47. The number of para-hydroxylation sites is 1. The lowest BCUT2D eigenvalue weighted by Crippen LogP contribution is -2.41. The van der Waals surface area contributed by atoms with Crippen LogP contribution in [0, 0.1) is 0 Å². The Hall–Kier alpha value is -3.02. The summed E-state index contributed by atoms with van der Waals surface area (Å²) in [4.78, 5) is 24.5. The van der Waals surface area contributed by atoms with Gasteiger partial charge in [-0.25, -0.2) is 0 Å². The molecule has 0 saturated carbocycles. The highest BCUT2D eigenvalue weighted by Crippen LogP contribution is 2.18. The van der Waals surface area contributed by atoms with Gasteiger partial charge < -0.3 is 9.47 Å². The predicted octanol–water partition coefficient (Wildman–Crippen LogP) is 3.34. The molecule has 0 atom stereocenters. The lowest BCUT2D eigenvalue weighted by atomic mass is 10.2. The second-order valence-electron chi connectivity index (χ2n) is 5.63. The third-order valence-corrected chi connectivity index (χ3v) is 3.47. The predicted molar refractivity (Wildman–Crippen MR) is 99.4 cm³/mol. The molecule has 6 nitrogen and oxygen atoms in total. The first-order valence-electron chi connectivity index (χ1n) is 8.71. The molecule has 0 bridgehead atoms. The van der Waals surface area contributed by atoms with Crippen molar-refractivity contribution in [2.45, 2.75) is 26.7 Å². The van der Waals surface area contributed by atoms with Gasteiger partial charge in [0.2, 0.25) is 0 Å². The van der Waals surface area contributed by atoms with Gasteiger partial charge in [-0.2, -0.15) is 0 Å². The first-order valence-corrected chi connectivity index (χ1v) is 8.71. The van der Waals surface area contributed by atoms with Crippen molar-refractivity contribution >= 4 is 11.8 Å². The highest BCUT2D eigenvalue weighted by Gasteiger charge is 2.13. The van der Waals surface area contributed by atoms with Gasteiger partial charge in [0.15, 0.2) is 0 Å².